The van der Waals surface area contributed by atoms with E-state index in [0.717, 1.165) is 5.56 Å². The van der Waals surface area contributed by atoms with Crippen molar-refractivity contribution >= 4 is 17.4 Å². The summed E-state index contributed by atoms with van der Waals surface area (Å²) in [6, 6.07) is 8.10. The number of ether oxygens (including phenoxy) is 1. The molecule has 2 rings (SSSR count). The van der Waals surface area contributed by atoms with Crippen LogP contribution in [0, 0.1) is 6.08 Å². The van der Waals surface area contributed by atoms with Crippen molar-refractivity contribution in [3.8, 4) is 0 Å². The molecule has 1 aliphatic heterocycles. The van der Waals surface area contributed by atoms with Crippen molar-refractivity contribution in [3.05, 3.63) is 47.7 Å². The van der Waals surface area contributed by atoms with E-state index in [2.05, 4.69) is 12.1 Å². The van der Waals surface area contributed by atoms with Gasteiger partial charge in [0.15, 0.2) is 0 Å². The summed E-state index contributed by atoms with van der Waals surface area (Å²) in [6.07, 6.45) is 4.63. The smallest absolute Gasteiger partial charge is 0.0678 e. The summed E-state index contributed by atoms with van der Waals surface area (Å²) in [5.41, 5.74) is 2.36. The minimum absolute atomic E-state index is 0. The zero-order chi connectivity index (χ0) is 6.81. The molecule has 1 aromatic carbocycles. The molecule has 56 valence electrons. The van der Waals surface area contributed by atoms with E-state index in [4.69, 9.17) is 4.74 Å². The molecular formula is C9H7AlOY-. The van der Waals surface area contributed by atoms with Gasteiger partial charge in [-0.3, -0.25) is 0 Å². The first-order valence-electron chi connectivity index (χ1n) is 3.24. The Balaban J connectivity index is 0.000000605. The summed E-state index contributed by atoms with van der Waals surface area (Å²) in [4.78, 5) is 0. The maximum Gasteiger partial charge on any atom is 0.0678 e. The zero-order valence-electron chi connectivity index (χ0n) is 6.66. The molecule has 0 amide bonds. The van der Waals surface area contributed by atoms with Gasteiger partial charge in [0, 0.05) is 56.3 Å². The van der Waals surface area contributed by atoms with E-state index < -0.39 is 0 Å². The molecule has 0 fully saturated rings. The summed E-state index contributed by atoms with van der Waals surface area (Å²) in [7, 11) is 0. The van der Waals surface area contributed by atoms with Crippen molar-refractivity contribution in [2.75, 3.05) is 0 Å². The number of benzene rings is 1. The first-order chi connectivity index (χ1) is 4.97. The van der Waals surface area contributed by atoms with Crippen molar-refractivity contribution in [1.29, 1.82) is 0 Å². The Labute approximate surface area is 108 Å². The molecular weight excluding hydrogens is 240 g/mol. The van der Waals surface area contributed by atoms with Gasteiger partial charge in [-0.1, -0.05) is 6.07 Å². The van der Waals surface area contributed by atoms with E-state index in [1.165, 1.54) is 5.56 Å². The number of fused-ring (bicyclic) bond motifs is 1. The van der Waals surface area contributed by atoms with Crippen molar-refractivity contribution < 1.29 is 37.4 Å². The molecule has 0 unspecified atom stereocenters. The van der Waals surface area contributed by atoms with E-state index in [1.807, 2.05) is 18.2 Å². The summed E-state index contributed by atoms with van der Waals surface area (Å²) in [6.45, 7) is 0.684. The number of hydrogen-bond acceptors (Lipinski definition) is 1. The van der Waals surface area contributed by atoms with Crippen LogP contribution in [-0.4, -0.2) is 17.4 Å². The van der Waals surface area contributed by atoms with Crippen molar-refractivity contribution in [3.63, 3.8) is 0 Å². The topological polar surface area (TPSA) is 9.23 Å². The Hall–Kier alpha value is 0.396. The Bertz CT molecular complexity index is 273. The van der Waals surface area contributed by atoms with Crippen LogP contribution in [0.2, 0.25) is 0 Å². The van der Waals surface area contributed by atoms with E-state index in [9.17, 15) is 0 Å². The van der Waals surface area contributed by atoms with E-state index in [0.29, 0.717) is 6.61 Å². The first-order valence-corrected chi connectivity index (χ1v) is 3.24. The molecule has 1 aliphatic rings. The molecule has 0 aliphatic carbocycles. The maximum atomic E-state index is 5.06. The van der Waals surface area contributed by atoms with Crippen LogP contribution in [0.1, 0.15) is 11.1 Å². The quantitative estimate of drug-likeness (QED) is 0.498. The van der Waals surface area contributed by atoms with E-state index in [-0.39, 0.29) is 50.1 Å². The van der Waals surface area contributed by atoms with Crippen molar-refractivity contribution in [2.45, 2.75) is 6.61 Å². The Kier molecular flexibility index (Phi) is 6.14. The predicted molar refractivity (Wildman–Crippen MR) is 43.9 cm³/mol. The first kappa shape index (κ1) is 12.4. The summed E-state index contributed by atoms with van der Waals surface area (Å²) < 4.78 is 5.06. The maximum absolute atomic E-state index is 5.06. The fourth-order valence-corrected chi connectivity index (χ4v) is 1.02. The van der Waals surface area contributed by atoms with Gasteiger partial charge in [0.2, 0.25) is 0 Å². The van der Waals surface area contributed by atoms with Gasteiger partial charge in [0.25, 0.3) is 0 Å². The SMILES string of the molecule is [Al].[C-]1=COCc2ccccc21.[Y]. The van der Waals surface area contributed by atoms with Gasteiger partial charge in [0.05, 0.1) is 6.61 Å². The standard InChI is InChI=1S/C9H7O.Al.Y/c1-2-4-9-7-10-6-5-8(9)3-1;;/h1-4,6H,7H2;;/q-1;;. The molecule has 0 atom stereocenters. The van der Waals surface area contributed by atoms with Gasteiger partial charge in [-0.05, 0) is 0 Å². The van der Waals surface area contributed by atoms with Crippen LogP contribution in [0.3, 0.4) is 0 Å². The van der Waals surface area contributed by atoms with Gasteiger partial charge in [-0.25, -0.2) is 0 Å². The molecule has 0 N–H and O–H groups in total. The second kappa shape index (κ2) is 5.94. The van der Waals surface area contributed by atoms with Crippen LogP contribution in [0.15, 0.2) is 30.5 Å². The van der Waals surface area contributed by atoms with Crippen LogP contribution >= 0.6 is 0 Å². The zero-order valence-corrected chi connectivity index (χ0v) is 10.6. The van der Waals surface area contributed by atoms with Gasteiger partial charge in [-0.2, -0.15) is 11.6 Å². The minimum atomic E-state index is 0. The molecule has 3 heteroatoms. The molecule has 0 saturated heterocycles. The van der Waals surface area contributed by atoms with Crippen LogP contribution in [-0.2, 0) is 44.1 Å². The molecule has 0 saturated carbocycles. The van der Waals surface area contributed by atoms with Crippen LogP contribution in [0.4, 0.5) is 0 Å². The van der Waals surface area contributed by atoms with Crippen molar-refractivity contribution in [2.24, 2.45) is 0 Å². The Morgan fingerprint density at radius 2 is 2.00 bits per heavy atom. The third-order valence-electron chi connectivity index (χ3n) is 1.55. The molecule has 1 nitrogen and oxygen atoms in total. The average Bonchev–Trinajstić information content (AvgIpc) is 2.05. The normalized spacial score (nSPS) is 11.7. The fraction of sp³-hybridized carbons (Fsp3) is 0.111. The third kappa shape index (κ3) is 2.71. The molecule has 0 aromatic heterocycles. The molecule has 1 heterocycles. The third-order valence-corrected chi connectivity index (χ3v) is 1.55. The fourth-order valence-electron chi connectivity index (χ4n) is 1.02. The Morgan fingerprint density at radius 1 is 1.25 bits per heavy atom. The predicted octanol–water partition coefficient (Wildman–Crippen LogP) is 1.50. The van der Waals surface area contributed by atoms with Crippen LogP contribution in [0.25, 0.3) is 0 Å². The van der Waals surface area contributed by atoms with Gasteiger partial charge in [-0.15, -0.1) is 23.8 Å². The molecule has 12 heavy (non-hydrogen) atoms. The summed E-state index contributed by atoms with van der Waals surface area (Å²) >= 11 is 0. The van der Waals surface area contributed by atoms with Gasteiger partial charge < -0.3 is 4.74 Å². The second-order valence-corrected chi connectivity index (χ2v) is 2.23. The molecule has 0 spiro atoms. The van der Waals surface area contributed by atoms with E-state index in [1.54, 1.807) is 6.26 Å². The van der Waals surface area contributed by atoms with Crippen LogP contribution < -0.4 is 0 Å². The molecule has 0 bridgehead atoms. The van der Waals surface area contributed by atoms with E-state index >= 15 is 0 Å². The number of rotatable bonds is 0. The average molecular weight is 247 g/mol. The minimum Gasteiger partial charge on any atom is -0.522 e. The Morgan fingerprint density at radius 3 is 2.75 bits per heavy atom. The monoisotopic (exact) mass is 247 g/mol. The largest absolute Gasteiger partial charge is 0.522 e. The number of hydrogen-bond donors (Lipinski definition) is 0. The molecule has 1 aromatic rings. The van der Waals surface area contributed by atoms with Crippen LogP contribution in [0.5, 0.6) is 0 Å². The summed E-state index contributed by atoms with van der Waals surface area (Å²) in [5.74, 6) is 0. The van der Waals surface area contributed by atoms with Crippen molar-refractivity contribution in [1.82, 2.24) is 0 Å². The summed E-state index contributed by atoms with van der Waals surface area (Å²) in [5, 5.41) is 0. The second-order valence-electron chi connectivity index (χ2n) is 2.23. The molecule has 4 radical (unpaired) electrons. The van der Waals surface area contributed by atoms with Gasteiger partial charge >= 0.3 is 0 Å². The van der Waals surface area contributed by atoms with Gasteiger partial charge in [0.1, 0.15) is 0 Å².